The van der Waals surface area contributed by atoms with E-state index >= 15 is 0 Å². The molecule has 0 aliphatic heterocycles. The highest BCUT2D eigenvalue weighted by Gasteiger charge is 2.10. The molecule has 0 aliphatic rings. The molecule has 0 amide bonds. The number of pyridine rings is 1. The quantitative estimate of drug-likeness (QED) is 0.721. The van der Waals surface area contributed by atoms with Gasteiger partial charge in [-0.2, -0.15) is 4.98 Å². The molecule has 1 aromatic carbocycles. The Bertz CT molecular complexity index is 783. The van der Waals surface area contributed by atoms with E-state index in [1.165, 1.54) is 0 Å². The van der Waals surface area contributed by atoms with Crippen LogP contribution in [-0.4, -0.2) is 29.3 Å². The summed E-state index contributed by atoms with van der Waals surface area (Å²) in [5.74, 6) is 2.82. The lowest BCUT2D eigenvalue weighted by atomic mass is 10.2. The van der Waals surface area contributed by atoms with Crippen LogP contribution < -0.4 is 9.64 Å². The van der Waals surface area contributed by atoms with Gasteiger partial charge in [0, 0.05) is 25.4 Å². The molecule has 118 valence electrons. The second-order valence-corrected chi connectivity index (χ2v) is 5.22. The zero-order chi connectivity index (χ0) is 16.2. The van der Waals surface area contributed by atoms with Gasteiger partial charge in [-0.25, -0.2) is 4.98 Å². The summed E-state index contributed by atoms with van der Waals surface area (Å²) >= 11 is 0. The van der Waals surface area contributed by atoms with Gasteiger partial charge in [-0.3, -0.25) is 0 Å². The van der Waals surface area contributed by atoms with Crippen LogP contribution in [0.4, 0.5) is 5.82 Å². The molecular formula is C17H18N4O2. The Kier molecular flexibility index (Phi) is 4.23. The summed E-state index contributed by atoms with van der Waals surface area (Å²) in [5, 5.41) is 3.79. The number of benzene rings is 1. The van der Waals surface area contributed by atoms with Gasteiger partial charge in [0.05, 0.1) is 12.7 Å². The fourth-order valence-corrected chi connectivity index (χ4v) is 2.32. The van der Waals surface area contributed by atoms with E-state index in [2.05, 4.69) is 20.0 Å². The predicted molar refractivity (Wildman–Crippen MR) is 87.4 cm³/mol. The molecule has 0 saturated carbocycles. The smallest absolute Gasteiger partial charge is 0.259 e. The number of aryl methyl sites for hydroxylation is 1. The standard InChI is InChI=1S/C17H18N4O2/c1-12-19-17(23-20-12)13-8-9-16(18-10-13)21(2)11-14-6-4-5-7-15(14)22-3/h4-10H,11H2,1-3H3. The Morgan fingerprint density at radius 1 is 1.17 bits per heavy atom. The average molecular weight is 310 g/mol. The van der Waals surface area contributed by atoms with Crippen molar-refractivity contribution in [2.24, 2.45) is 0 Å². The monoisotopic (exact) mass is 310 g/mol. The highest BCUT2D eigenvalue weighted by Crippen LogP contribution is 2.23. The summed E-state index contributed by atoms with van der Waals surface area (Å²) in [6, 6.07) is 11.8. The van der Waals surface area contributed by atoms with Crippen LogP contribution in [-0.2, 0) is 6.54 Å². The zero-order valence-corrected chi connectivity index (χ0v) is 13.4. The van der Waals surface area contributed by atoms with E-state index < -0.39 is 0 Å². The van der Waals surface area contributed by atoms with Crippen LogP contribution in [0.15, 0.2) is 47.1 Å². The lowest BCUT2D eigenvalue weighted by Crippen LogP contribution is -2.18. The van der Waals surface area contributed by atoms with E-state index in [-0.39, 0.29) is 0 Å². The van der Waals surface area contributed by atoms with Crippen LogP contribution in [0.1, 0.15) is 11.4 Å². The number of hydrogen-bond donors (Lipinski definition) is 0. The van der Waals surface area contributed by atoms with E-state index in [4.69, 9.17) is 9.26 Å². The second kappa shape index (κ2) is 6.48. The molecule has 3 rings (SSSR count). The first-order valence-electron chi connectivity index (χ1n) is 7.27. The minimum atomic E-state index is 0.480. The summed E-state index contributed by atoms with van der Waals surface area (Å²) in [6.45, 7) is 2.49. The first-order chi connectivity index (χ1) is 11.2. The maximum absolute atomic E-state index is 5.39. The molecule has 2 heterocycles. The zero-order valence-electron chi connectivity index (χ0n) is 13.4. The Morgan fingerprint density at radius 3 is 2.65 bits per heavy atom. The third-order valence-electron chi connectivity index (χ3n) is 3.51. The summed E-state index contributed by atoms with van der Waals surface area (Å²) in [4.78, 5) is 10.7. The molecule has 0 aliphatic carbocycles. The molecule has 0 unspecified atom stereocenters. The van der Waals surface area contributed by atoms with Crippen molar-refractivity contribution >= 4 is 5.82 Å². The summed E-state index contributed by atoms with van der Waals surface area (Å²) in [5.41, 5.74) is 1.91. The summed E-state index contributed by atoms with van der Waals surface area (Å²) < 4.78 is 10.5. The Morgan fingerprint density at radius 2 is 2.00 bits per heavy atom. The maximum atomic E-state index is 5.39. The molecule has 6 nitrogen and oxygen atoms in total. The van der Waals surface area contributed by atoms with Gasteiger partial charge in [-0.05, 0) is 25.1 Å². The van der Waals surface area contributed by atoms with Crippen molar-refractivity contribution in [2.75, 3.05) is 19.1 Å². The van der Waals surface area contributed by atoms with Gasteiger partial charge >= 0.3 is 0 Å². The number of anilines is 1. The van der Waals surface area contributed by atoms with Crippen molar-refractivity contribution in [1.82, 2.24) is 15.1 Å². The Hall–Kier alpha value is -2.89. The summed E-state index contributed by atoms with van der Waals surface area (Å²) in [7, 11) is 3.67. The van der Waals surface area contributed by atoms with E-state index in [1.807, 2.05) is 43.4 Å². The predicted octanol–water partition coefficient (Wildman–Crippen LogP) is 3.09. The third-order valence-corrected chi connectivity index (χ3v) is 3.51. The fraction of sp³-hybridized carbons (Fsp3) is 0.235. The molecule has 0 atom stereocenters. The highest BCUT2D eigenvalue weighted by molar-refractivity contribution is 5.54. The van der Waals surface area contributed by atoms with Crippen LogP contribution >= 0.6 is 0 Å². The lowest BCUT2D eigenvalue weighted by Gasteiger charge is -2.19. The minimum absolute atomic E-state index is 0.480. The number of para-hydroxylation sites is 1. The lowest BCUT2D eigenvalue weighted by molar-refractivity contribution is 0.409. The second-order valence-electron chi connectivity index (χ2n) is 5.22. The van der Waals surface area contributed by atoms with E-state index in [0.29, 0.717) is 18.3 Å². The van der Waals surface area contributed by atoms with Crippen molar-refractivity contribution in [2.45, 2.75) is 13.5 Å². The van der Waals surface area contributed by atoms with Crippen LogP contribution in [0.25, 0.3) is 11.5 Å². The molecule has 0 saturated heterocycles. The Balaban J connectivity index is 1.76. The number of methoxy groups -OCH3 is 1. The number of ether oxygens (including phenoxy) is 1. The fourth-order valence-electron chi connectivity index (χ4n) is 2.32. The molecule has 2 aromatic heterocycles. The molecular weight excluding hydrogens is 292 g/mol. The molecule has 0 bridgehead atoms. The van der Waals surface area contributed by atoms with Gasteiger partial charge in [0.1, 0.15) is 11.6 Å². The van der Waals surface area contributed by atoms with Crippen LogP contribution in [0.5, 0.6) is 5.75 Å². The number of aromatic nitrogens is 3. The molecule has 0 N–H and O–H groups in total. The molecule has 0 fully saturated rings. The Labute approximate surface area is 134 Å². The van der Waals surface area contributed by atoms with Gasteiger partial charge in [-0.1, -0.05) is 23.4 Å². The van der Waals surface area contributed by atoms with E-state index in [0.717, 1.165) is 22.7 Å². The van der Waals surface area contributed by atoms with Crippen molar-refractivity contribution in [3.63, 3.8) is 0 Å². The summed E-state index contributed by atoms with van der Waals surface area (Å²) in [6.07, 6.45) is 1.74. The topological polar surface area (TPSA) is 64.3 Å². The molecule has 3 aromatic rings. The minimum Gasteiger partial charge on any atom is -0.496 e. The number of hydrogen-bond acceptors (Lipinski definition) is 6. The number of rotatable bonds is 5. The first kappa shape index (κ1) is 15.0. The van der Waals surface area contributed by atoms with Crippen LogP contribution in [0, 0.1) is 6.92 Å². The van der Waals surface area contributed by atoms with Gasteiger partial charge < -0.3 is 14.2 Å². The van der Waals surface area contributed by atoms with Crippen LogP contribution in [0.3, 0.4) is 0 Å². The maximum Gasteiger partial charge on any atom is 0.259 e. The van der Waals surface area contributed by atoms with E-state index in [9.17, 15) is 0 Å². The normalized spacial score (nSPS) is 10.6. The van der Waals surface area contributed by atoms with Gasteiger partial charge in [0.2, 0.25) is 0 Å². The molecule has 0 spiro atoms. The molecule has 0 radical (unpaired) electrons. The largest absolute Gasteiger partial charge is 0.496 e. The highest BCUT2D eigenvalue weighted by atomic mass is 16.5. The molecule has 23 heavy (non-hydrogen) atoms. The third kappa shape index (κ3) is 3.31. The SMILES string of the molecule is COc1ccccc1CN(C)c1ccc(-c2nc(C)no2)cn1. The van der Waals surface area contributed by atoms with Crippen LogP contribution in [0.2, 0.25) is 0 Å². The van der Waals surface area contributed by atoms with Gasteiger partial charge in [0.25, 0.3) is 5.89 Å². The van der Waals surface area contributed by atoms with Crippen molar-refractivity contribution in [3.8, 4) is 17.2 Å². The van der Waals surface area contributed by atoms with Crippen molar-refractivity contribution in [3.05, 3.63) is 54.0 Å². The first-order valence-corrected chi connectivity index (χ1v) is 7.27. The average Bonchev–Trinajstić information content (AvgIpc) is 3.02. The van der Waals surface area contributed by atoms with Crippen molar-refractivity contribution in [1.29, 1.82) is 0 Å². The van der Waals surface area contributed by atoms with Crippen molar-refractivity contribution < 1.29 is 9.26 Å². The molecule has 6 heteroatoms. The van der Waals surface area contributed by atoms with E-state index in [1.54, 1.807) is 20.2 Å². The van der Waals surface area contributed by atoms with Gasteiger partial charge in [-0.15, -0.1) is 0 Å². The number of nitrogens with zero attached hydrogens (tertiary/aromatic N) is 4. The van der Waals surface area contributed by atoms with Gasteiger partial charge in [0.15, 0.2) is 5.82 Å².